The molecule has 0 aromatic carbocycles. The Labute approximate surface area is 398 Å². The van der Waals surface area contributed by atoms with E-state index in [-0.39, 0.29) is 18.9 Å². The van der Waals surface area contributed by atoms with Crippen LogP contribution in [0.3, 0.4) is 0 Å². The molecule has 12 atom stereocenters. The van der Waals surface area contributed by atoms with Crippen molar-refractivity contribution in [2.75, 3.05) is 19.8 Å². The zero-order valence-electron chi connectivity index (χ0n) is 41.2. The van der Waals surface area contributed by atoms with Gasteiger partial charge in [-0.1, -0.05) is 186 Å². The van der Waals surface area contributed by atoms with E-state index in [4.69, 9.17) is 18.9 Å². The van der Waals surface area contributed by atoms with Gasteiger partial charge in [0, 0.05) is 6.42 Å². The van der Waals surface area contributed by atoms with E-state index in [1.807, 2.05) is 6.08 Å². The van der Waals surface area contributed by atoms with Crippen LogP contribution in [0, 0.1) is 0 Å². The van der Waals surface area contributed by atoms with Gasteiger partial charge in [0.05, 0.1) is 32.0 Å². The van der Waals surface area contributed by atoms with Crippen molar-refractivity contribution in [1.82, 2.24) is 5.32 Å². The molecule has 14 nitrogen and oxygen atoms in total. The molecule has 0 aromatic heterocycles. The summed E-state index contributed by atoms with van der Waals surface area (Å²) in [7, 11) is 0. The Morgan fingerprint density at radius 3 is 1.48 bits per heavy atom. The SMILES string of the molecule is CCCC/C=C\CCCCCCCC(=O)NC(COC1OC(CO)C(OC2OC(CO)C(O)C(O)C2O)C(O)C1O)C(O)/C=C/CCCCCCCCCCCCCCCCCCCCC. The molecule has 0 aromatic rings. The first-order valence-electron chi connectivity index (χ1n) is 26.6. The summed E-state index contributed by atoms with van der Waals surface area (Å²) < 4.78 is 22.7. The molecule has 0 bridgehead atoms. The van der Waals surface area contributed by atoms with Crippen molar-refractivity contribution >= 4 is 5.91 Å². The van der Waals surface area contributed by atoms with Crippen molar-refractivity contribution in [1.29, 1.82) is 0 Å². The van der Waals surface area contributed by atoms with E-state index >= 15 is 0 Å². The van der Waals surface area contributed by atoms with Crippen LogP contribution in [0.25, 0.3) is 0 Å². The minimum Gasteiger partial charge on any atom is -0.394 e. The highest BCUT2D eigenvalue weighted by molar-refractivity contribution is 5.76. The van der Waals surface area contributed by atoms with Crippen LogP contribution in [0.1, 0.15) is 206 Å². The summed E-state index contributed by atoms with van der Waals surface area (Å²) >= 11 is 0. The van der Waals surface area contributed by atoms with Gasteiger partial charge < -0.3 is 65.1 Å². The largest absolute Gasteiger partial charge is 0.394 e. The molecule has 0 radical (unpaired) electrons. The Bertz CT molecular complexity index is 1210. The number of carbonyl (C=O) groups excluding carboxylic acids is 1. The molecule has 2 saturated heterocycles. The molecule has 66 heavy (non-hydrogen) atoms. The lowest BCUT2D eigenvalue weighted by atomic mass is 9.97. The highest BCUT2D eigenvalue weighted by Gasteiger charge is 2.51. The van der Waals surface area contributed by atoms with E-state index in [0.29, 0.717) is 6.42 Å². The maximum absolute atomic E-state index is 13.1. The van der Waals surface area contributed by atoms with Gasteiger partial charge >= 0.3 is 0 Å². The second-order valence-corrected chi connectivity index (χ2v) is 19.0. The Morgan fingerprint density at radius 1 is 0.530 bits per heavy atom. The molecule has 388 valence electrons. The minimum absolute atomic E-state index is 0.250. The minimum atomic E-state index is -1.79. The lowest BCUT2D eigenvalue weighted by Gasteiger charge is -2.46. The number of carbonyl (C=O) groups is 1. The molecule has 2 aliphatic heterocycles. The molecule has 2 heterocycles. The maximum Gasteiger partial charge on any atom is 0.220 e. The van der Waals surface area contributed by atoms with Crippen molar-refractivity contribution in [2.45, 2.75) is 280 Å². The Kier molecular flexibility index (Phi) is 36.0. The molecule has 2 rings (SSSR count). The predicted molar refractivity (Wildman–Crippen MR) is 258 cm³/mol. The molecular formula is C52H97NO13. The molecule has 12 unspecified atom stereocenters. The molecular weight excluding hydrogens is 847 g/mol. The Hall–Kier alpha value is -1.53. The summed E-state index contributed by atoms with van der Waals surface area (Å²) in [5.41, 5.74) is 0. The van der Waals surface area contributed by atoms with Gasteiger partial charge in [-0.25, -0.2) is 0 Å². The zero-order chi connectivity index (χ0) is 48.2. The van der Waals surface area contributed by atoms with Crippen molar-refractivity contribution in [2.24, 2.45) is 0 Å². The van der Waals surface area contributed by atoms with E-state index in [1.165, 1.54) is 122 Å². The number of allylic oxidation sites excluding steroid dienone is 3. The summed E-state index contributed by atoms with van der Waals surface area (Å²) in [6.07, 6.45) is 26.5. The molecule has 0 saturated carbocycles. The molecule has 1 amide bonds. The lowest BCUT2D eigenvalue weighted by Crippen LogP contribution is -2.65. The van der Waals surface area contributed by atoms with Gasteiger partial charge in [0.25, 0.3) is 0 Å². The van der Waals surface area contributed by atoms with Crippen LogP contribution in [-0.4, -0.2) is 140 Å². The van der Waals surface area contributed by atoms with Crippen LogP contribution in [0.4, 0.5) is 0 Å². The monoisotopic (exact) mass is 944 g/mol. The molecule has 0 spiro atoms. The third-order valence-corrected chi connectivity index (χ3v) is 13.1. The summed E-state index contributed by atoms with van der Waals surface area (Å²) in [6.45, 7) is 2.74. The third kappa shape index (κ3) is 25.9. The third-order valence-electron chi connectivity index (χ3n) is 13.1. The van der Waals surface area contributed by atoms with Crippen LogP contribution in [0.2, 0.25) is 0 Å². The van der Waals surface area contributed by atoms with Gasteiger partial charge in [-0.2, -0.15) is 0 Å². The van der Waals surface area contributed by atoms with Crippen molar-refractivity contribution in [3.63, 3.8) is 0 Å². The highest BCUT2D eigenvalue weighted by Crippen LogP contribution is 2.30. The van der Waals surface area contributed by atoms with Crippen LogP contribution in [0.15, 0.2) is 24.3 Å². The topological polar surface area (TPSA) is 228 Å². The fraction of sp³-hybridized carbons (Fsp3) is 0.904. The van der Waals surface area contributed by atoms with Crippen molar-refractivity contribution in [3.8, 4) is 0 Å². The van der Waals surface area contributed by atoms with Crippen molar-refractivity contribution < 1.29 is 64.6 Å². The summed E-state index contributed by atoms with van der Waals surface area (Å²) in [5, 5.41) is 86.7. The van der Waals surface area contributed by atoms with Gasteiger partial charge in [-0.3, -0.25) is 4.79 Å². The van der Waals surface area contributed by atoms with E-state index in [1.54, 1.807) is 6.08 Å². The number of aliphatic hydroxyl groups is 8. The second kappa shape index (κ2) is 39.2. The number of rotatable bonds is 41. The quantitative estimate of drug-likeness (QED) is 0.0216. The first-order valence-corrected chi connectivity index (χ1v) is 26.6. The Morgan fingerprint density at radius 2 is 0.970 bits per heavy atom. The second-order valence-electron chi connectivity index (χ2n) is 19.0. The van der Waals surface area contributed by atoms with Crippen LogP contribution < -0.4 is 5.32 Å². The van der Waals surface area contributed by atoms with E-state index in [9.17, 15) is 45.6 Å². The summed E-state index contributed by atoms with van der Waals surface area (Å²) in [6, 6.07) is -0.915. The molecule has 0 aliphatic carbocycles. The summed E-state index contributed by atoms with van der Waals surface area (Å²) in [4.78, 5) is 13.1. The van der Waals surface area contributed by atoms with Crippen LogP contribution >= 0.6 is 0 Å². The first kappa shape index (κ1) is 60.6. The molecule has 2 aliphatic rings. The van der Waals surface area contributed by atoms with Gasteiger partial charge in [-0.15, -0.1) is 0 Å². The van der Waals surface area contributed by atoms with Gasteiger partial charge in [0.2, 0.25) is 5.91 Å². The van der Waals surface area contributed by atoms with E-state index < -0.39 is 86.8 Å². The van der Waals surface area contributed by atoms with Gasteiger partial charge in [0.15, 0.2) is 12.6 Å². The number of unbranched alkanes of at least 4 members (excludes halogenated alkanes) is 26. The predicted octanol–water partition coefficient (Wildman–Crippen LogP) is 7.33. The van der Waals surface area contributed by atoms with Crippen LogP contribution in [0.5, 0.6) is 0 Å². The number of amides is 1. The molecule has 9 N–H and O–H groups in total. The smallest absolute Gasteiger partial charge is 0.220 e. The average molecular weight is 944 g/mol. The molecule has 2 fully saturated rings. The molecule has 14 heteroatoms. The van der Waals surface area contributed by atoms with Crippen molar-refractivity contribution in [3.05, 3.63) is 24.3 Å². The van der Waals surface area contributed by atoms with Gasteiger partial charge in [0.1, 0.15) is 48.8 Å². The number of aliphatic hydroxyl groups excluding tert-OH is 8. The normalized spacial score (nSPS) is 26.9. The highest BCUT2D eigenvalue weighted by atomic mass is 16.7. The van der Waals surface area contributed by atoms with Crippen LogP contribution in [-0.2, 0) is 23.7 Å². The van der Waals surface area contributed by atoms with Gasteiger partial charge in [-0.05, 0) is 38.5 Å². The maximum atomic E-state index is 13.1. The number of nitrogens with one attached hydrogen (secondary N) is 1. The average Bonchev–Trinajstić information content (AvgIpc) is 3.31. The number of hydrogen-bond donors (Lipinski definition) is 9. The number of hydrogen-bond acceptors (Lipinski definition) is 13. The first-order chi connectivity index (χ1) is 32.1. The standard InChI is InChI=1S/C52H97NO13/c1-3-5-7-9-11-13-15-16-17-18-19-20-21-22-23-24-26-27-29-31-33-35-41(56)40(53-44(57)36-34-32-30-28-25-14-12-10-8-6-4-2)39-63-51-49(62)47(60)50(43(38-55)65-51)66-52-48(61)46(59)45(58)42(37-54)64-52/h10,12,33,35,40-43,45-52,54-56,58-62H,3-9,11,13-32,34,36-39H2,1-2H3,(H,53,57)/b12-10-,35-33+. The van der Waals surface area contributed by atoms with E-state index in [0.717, 1.165) is 57.8 Å². The summed E-state index contributed by atoms with van der Waals surface area (Å²) in [5.74, 6) is -0.250. The zero-order valence-corrected chi connectivity index (χ0v) is 41.2. The fourth-order valence-electron chi connectivity index (χ4n) is 8.74. The lowest BCUT2D eigenvalue weighted by molar-refractivity contribution is -0.359. The number of ether oxygens (including phenoxy) is 4. The van der Waals surface area contributed by atoms with E-state index in [2.05, 4.69) is 31.3 Å². The fourth-order valence-corrected chi connectivity index (χ4v) is 8.74. The Balaban J connectivity index is 1.80.